The zero-order valence-corrected chi connectivity index (χ0v) is 17.0. The molecule has 0 amide bonds. The van der Waals surface area contributed by atoms with Gasteiger partial charge in [0, 0.05) is 6.61 Å². The molecule has 0 spiro atoms. The van der Waals surface area contributed by atoms with E-state index in [1.165, 1.54) is 0 Å². The molecule has 0 aromatic heterocycles. The highest BCUT2D eigenvalue weighted by Crippen LogP contribution is 2.32. The van der Waals surface area contributed by atoms with Crippen molar-refractivity contribution in [3.8, 4) is 0 Å². The Hall–Kier alpha value is -0.850. The first-order chi connectivity index (χ1) is 13.4. The van der Waals surface area contributed by atoms with Crippen molar-refractivity contribution in [2.75, 3.05) is 13.2 Å². The fraction of sp³-hybridized carbons (Fsp3) is 0.947. The fourth-order valence-corrected chi connectivity index (χ4v) is 3.95. The van der Waals surface area contributed by atoms with E-state index in [1.54, 1.807) is 20.8 Å². The summed E-state index contributed by atoms with van der Waals surface area (Å²) < 4.78 is 16.9. The van der Waals surface area contributed by atoms with E-state index in [0.29, 0.717) is 12.8 Å². The Kier molecular flexibility index (Phi) is 8.40. The first kappa shape index (κ1) is 24.4. The molecule has 10 heteroatoms. The maximum absolute atomic E-state index is 10.9. The van der Waals surface area contributed by atoms with Gasteiger partial charge in [-0.25, -0.2) is 0 Å². The van der Waals surface area contributed by atoms with Crippen molar-refractivity contribution < 1.29 is 49.6 Å². The van der Waals surface area contributed by atoms with E-state index in [1.807, 2.05) is 0 Å². The van der Waals surface area contributed by atoms with Gasteiger partial charge in [-0.15, -0.1) is 0 Å². The number of ether oxygens (including phenoxy) is 3. The number of rotatable bonds is 8. The average molecular weight is 422 g/mol. The van der Waals surface area contributed by atoms with Crippen LogP contribution in [0.5, 0.6) is 0 Å². The van der Waals surface area contributed by atoms with Crippen LogP contribution in [-0.2, 0) is 19.0 Å². The molecule has 170 valence electrons. The molecule has 1 aliphatic heterocycles. The van der Waals surface area contributed by atoms with Crippen molar-refractivity contribution in [1.29, 1.82) is 0 Å². The molecule has 6 N–H and O–H groups in total. The highest BCUT2D eigenvalue weighted by molar-refractivity contribution is 5.67. The lowest BCUT2D eigenvalue weighted by Crippen LogP contribution is -2.59. The number of aliphatic hydroxyl groups is 5. The number of hydrogen-bond donors (Lipinski definition) is 6. The van der Waals surface area contributed by atoms with Crippen molar-refractivity contribution in [1.82, 2.24) is 0 Å². The molecule has 29 heavy (non-hydrogen) atoms. The summed E-state index contributed by atoms with van der Waals surface area (Å²) in [6, 6.07) is 0. The summed E-state index contributed by atoms with van der Waals surface area (Å²) in [6.45, 7) is 5.37. The molecule has 10 nitrogen and oxygen atoms in total. The molecule has 0 bridgehead atoms. The maximum atomic E-state index is 10.9. The van der Waals surface area contributed by atoms with Gasteiger partial charge in [0.05, 0.1) is 36.9 Å². The summed E-state index contributed by atoms with van der Waals surface area (Å²) >= 11 is 0. The van der Waals surface area contributed by atoms with Crippen LogP contribution >= 0.6 is 0 Å². The molecule has 0 unspecified atom stereocenters. The molecule has 1 heterocycles. The third-order valence-corrected chi connectivity index (χ3v) is 5.57. The summed E-state index contributed by atoms with van der Waals surface area (Å²) in [7, 11) is 0. The minimum atomic E-state index is -1.41. The molecule has 9 atom stereocenters. The van der Waals surface area contributed by atoms with Gasteiger partial charge in [0.15, 0.2) is 6.29 Å². The Morgan fingerprint density at radius 2 is 1.69 bits per heavy atom. The van der Waals surface area contributed by atoms with E-state index in [-0.39, 0.29) is 25.6 Å². The second-order valence-corrected chi connectivity index (χ2v) is 8.83. The van der Waals surface area contributed by atoms with Crippen LogP contribution in [0.25, 0.3) is 0 Å². The van der Waals surface area contributed by atoms with Crippen molar-refractivity contribution in [2.45, 2.75) is 88.5 Å². The van der Waals surface area contributed by atoms with E-state index in [9.17, 15) is 30.3 Å². The molecular weight excluding hydrogens is 388 g/mol. The van der Waals surface area contributed by atoms with E-state index in [4.69, 9.17) is 19.3 Å². The molecule has 0 radical (unpaired) electrons. The minimum absolute atomic E-state index is 0.109. The second kappa shape index (κ2) is 9.97. The second-order valence-electron chi connectivity index (χ2n) is 8.83. The van der Waals surface area contributed by atoms with Gasteiger partial charge < -0.3 is 44.8 Å². The lowest BCUT2D eigenvalue weighted by Gasteiger charge is -2.42. The van der Waals surface area contributed by atoms with Gasteiger partial charge in [-0.2, -0.15) is 0 Å². The first-order valence-electron chi connectivity index (χ1n) is 9.94. The van der Waals surface area contributed by atoms with Crippen LogP contribution in [0.3, 0.4) is 0 Å². The van der Waals surface area contributed by atoms with Crippen LogP contribution in [0.1, 0.15) is 40.0 Å². The van der Waals surface area contributed by atoms with Gasteiger partial charge >= 0.3 is 5.97 Å². The lowest BCUT2D eigenvalue weighted by atomic mass is 9.76. The number of hydrogen-bond acceptors (Lipinski definition) is 9. The zero-order valence-electron chi connectivity index (χ0n) is 17.0. The van der Waals surface area contributed by atoms with Gasteiger partial charge in [-0.3, -0.25) is 4.79 Å². The van der Waals surface area contributed by atoms with Crippen molar-refractivity contribution in [3.05, 3.63) is 0 Å². The summed E-state index contributed by atoms with van der Waals surface area (Å²) in [5.41, 5.74) is -0.888. The average Bonchev–Trinajstić information content (AvgIpc) is 2.61. The Bertz CT molecular complexity index is 541. The van der Waals surface area contributed by atoms with Gasteiger partial charge in [-0.05, 0) is 45.4 Å². The SMILES string of the molecule is C[C@@H]1O[C@@H](OC(C)(C)COC[C@@H]2C[C@@H](CC(=O)O)[C@@H](O)[C@@H](O)C2)[C@@H](O)[C@H](O)[C@@H]1O. The zero-order chi connectivity index (χ0) is 21.9. The molecule has 1 saturated heterocycles. The molecule has 0 aromatic carbocycles. The largest absolute Gasteiger partial charge is 0.481 e. The van der Waals surface area contributed by atoms with E-state index in [0.717, 1.165) is 0 Å². The Balaban J connectivity index is 1.83. The third-order valence-electron chi connectivity index (χ3n) is 5.57. The smallest absolute Gasteiger partial charge is 0.303 e. The molecular formula is C19H34O10. The molecule has 2 aliphatic rings. The fourth-order valence-electron chi connectivity index (χ4n) is 3.95. The number of carboxylic acids is 1. The maximum Gasteiger partial charge on any atom is 0.303 e. The highest BCUT2D eigenvalue weighted by Gasteiger charge is 2.44. The van der Waals surface area contributed by atoms with Crippen molar-refractivity contribution in [3.63, 3.8) is 0 Å². The molecule has 1 aliphatic carbocycles. The van der Waals surface area contributed by atoms with Gasteiger partial charge in [0.2, 0.25) is 0 Å². The van der Waals surface area contributed by atoms with Gasteiger partial charge in [0.25, 0.3) is 0 Å². The van der Waals surface area contributed by atoms with Gasteiger partial charge in [-0.1, -0.05) is 0 Å². The summed E-state index contributed by atoms with van der Waals surface area (Å²) in [6.07, 6.45) is -7.38. The molecule has 2 rings (SSSR count). The summed E-state index contributed by atoms with van der Waals surface area (Å²) in [5, 5.41) is 58.6. The number of aliphatic hydroxyl groups excluding tert-OH is 5. The standard InChI is InChI=1S/C19H34O10/c1-9-14(23)16(25)17(26)18(28-9)29-19(2,3)8-27-7-10-4-11(6-13(21)22)15(24)12(20)5-10/h9-12,14-18,20,23-26H,4-8H2,1-3H3,(H,21,22)/t9-,10+,11-,12-,14+,15+,16+,17-,18-/m0/s1. The third kappa shape index (κ3) is 6.56. The Morgan fingerprint density at radius 3 is 2.31 bits per heavy atom. The van der Waals surface area contributed by atoms with Crippen molar-refractivity contribution in [2.24, 2.45) is 11.8 Å². The van der Waals surface area contributed by atoms with E-state index in [2.05, 4.69) is 0 Å². The number of carboxylic acid groups (broad SMARTS) is 1. The van der Waals surface area contributed by atoms with Crippen LogP contribution in [0, 0.1) is 11.8 Å². The summed E-state index contributed by atoms with van der Waals surface area (Å²) in [5.74, 6) is -1.67. The van der Waals surface area contributed by atoms with E-state index >= 15 is 0 Å². The normalized spacial score (nSPS) is 41.3. The highest BCUT2D eigenvalue weighted by atomic mass is 16.7. The Labute approximate surface area is 170 Å². The molecule has 0 aromatic rings. The summed E-state index contributed by atoms with van der Waals surface area (Å²) in [4.78, 5) is 10.9. The monoisotopic (exact) mass is 422 g/mol. The molecule has 1 saturated carbocycles. The van der Waals surface area contributed by atoms with E-state index < -0.39 is 60.4 Å². The lowest BCUT2D eigenvalue weighted by molar-refractivity contribution is -0.320. The quantitative estimate of drug-likeness (QED) is 0.281. The Morgan fingerprint density at radius 1 is 1.03 bits per heavy atom. The van der Waals surface area contributed by atoms with Crippen LogP contribution in [0.15, 0.2) is 0 Å². The number of aliphatic carboxylic acids is 1. The van der Waals surface area contributed by atoms with Crippen LogP contribution in [0.4, 0.5) is 0 Å². The van der Waals surface area contributed by atoms with Crippen molar-refractivity contribution >= 4 is 5.97 Å². The number of carbonyl (C=O) groups is 1. The first-order valence-corrected chi connectivity index (χ1v) is 9.94. The predicted molar refractivity (Wildman–Crippen MR) is 98.8 cm³/mol. The molecule has 2 fully saturated rings. The van der Waals surface area contributed by atoms with Crippen LogP contribution < -0.4 is 0 Å². The minimum Gasteiger partial charge on any atom is -0.481 e. The van der Waals surface area contributed by atoms with Crippen LogP contribution in [0.2, 0.25) is 0 Å². The van der Waals surface area contributed by atoms with Gasteiger partial charge in [0.1, 0.15) is 18.3 Å². The topological polar surface area (TPSA) is 166 Å². The van der Waals surface area contributed by atoms with Crippen LogP contribution in [-0.4, -0.2) is 98.3 Å². The predicted octanol–water partition coefficient (Wildman–Crippen LogP) is -1.15.